The van der Waals surface area contributed by atoms with E-state index >= 15 is 0 Å². The molecule has 0 amide bonds. The highest BCUT2D eigenvalue weighted by molar-refractivity contribution is 5.24. The molecule has 0 spiro atoms. The minimum absolute atomic E-state index is 0.0495. The third-order valence-electron chi connectivity index (χ3n) is 3.81. The van der Waals surface area contributed by atoms with E-state index in [0.29, 0.717) is 11.7 Å². The van der Waals surface area contributed by atoms with E-state index in [-0.39, 0.29) is 12.1 Å². The molecule has 1 aromatic carbocycles. The number of benzene rings is 1. The van der Waals surface area contributed by atoms with Gasteiger partial charge in [-0.3, -0.25) is 4.68 Å². The highest BCUT2D eigenvalue weighted by Gasteiger charge is 2.27. The Morgan fingerprint density at radius 1 is 1.18 bits per heavy atom. The van der Waals surface area contributed by atoms with Crippen molar-refractivity contribution in [2.24, 2.45) is 0 Å². The second-order valence-corrected chi connectivity index (χ2v) is 5.29. The standard InChI is InChI=1S/C16H16N4O2/c1-2-6-12(7-3-1)14(20-10-5-9-17-20)16-18-15(19-22-16)13-8-4-11-21-13/h1-3,5-7,9-10,13-14H,4,8,11H2. The van der Waals surface area contributed by atoms with Gasteiger partial charge in [0, 0.05) is 19.0 Å². The smallest absolute Gasteiger partial charge is 0.256 e. The van der Waals surface area contributed by atoms with Gasteiger partial charge < -0.3 is 9.26 Å². The number of hydrogen-bond donors (Lipinski definition) is 0. The van der Waals surface area contributed by atoms with Crippen molar-refractivity contribution >= 4 is 0 Å². The van der Waals surface area contributed by atoms with Crippen LogP contribution in [0.4, 0.5) is 0 Å². The molecule has 2 aromatic heterocycles. The largest absolute Gasteiger partial charge is 0.370 e. The fourth-order valence-corrected chi connectivity index (χ4v) is 2.75. The normalized spacial score (nSPS) is 19.4. The van der Waals surface area contributed by atoms with E-state index in [2.05, 4.69) is 15.2 Å². The molecule has 0 radical (unpaired) electrons. The summed E-state index contributed by atoms with van der Waals surface area (Å²) in [7, 11) is 0. The Bertz CT molecular complexity index is 718. The molecular weight excluding hydrogens is 280 g/mol. The third-order valence-corrected chi connectivity index (χ3v) is 3.81. The molecule has 22 heavy (non-hydrogen) atoms. The Labute approximate surface area is 127 Å². The second kappa shape index (κ2) is 5.73. The van der Waals surface area contributed by atoms with Gasteiger partial charge in [0.25, 0.3) is 5.89 Å². The lowest BCUT2D eigenvalue weighted by Crippen LogP contribution is -2.13. The molecule has 112 valence electrons. The van der Waals surface area contributed by atoms with Crippen LogP contribution in [0, 0.1) is 0 Å². The highest BCUT2D eigenvalue weighted by Crippen LogP contribution is 2.29. The average molecular weight is 296 g/mol. The topological polar surface area (TPSA) is 66.0 Å². The lowest BCUT2D eigenvalue weighted by molar-refractivity contribution is 0.103. The molecule has 1 aliphatic heterocycles. The van der Waals surface area contributed by atoms with Gasteiger partial charge in [0.1, 0.15) is 6.10 Å². The van der Waals surface area contributed by atoms with Crippen molar-refractivity contribution in [3.05, 3.63) is 66.1 Å². The summed E-state index contributed by atoms with van der Waals surface area (Å²) >= 11 is 0. The van der Waals surface area contributed by atoms with Crippen molar-refractivity contribution in [3.8, 4) is 0 Å². The van der Waals surface area contributed by atoms with Gasteiger partial charge in [-0.1, -0.05) is 35.5 Å². The van der Waals surface area contributed by atoms with Gasteiger partial charge in [-0.05, 0) is 24.5 Å². The first-order valence-electron chi connectivity index (χ1n) is 7.41. The van der Waals surface area contributed by atoms with E-state index in [0.717, 1.165) is 25.0 Å². The molecular formula is C16H16N4O2. The lowest BCUT2D eigenvalue weighted by Gasteiger charge is -2.13. The second-order valence-electron chi connectivity index (χ2n) is 5.29. The molecule has 2 atom stereocenters. The molecule has 6 nitrogen and oxygen atoms in total. The van der Waals surface area contributed by atoms with Crippen LogP contribution < -0.4 is 0 Å². The molecule has 1 fully saturated rings. The van der Waals surface area contributed by atoms with Crippen LogP contribution in [0.25, 0.3) is 0 Å². The maximum atomic E-state index is 5.62. The molecule has 0 bridgehead atoms. The number of ether oxygens (including phenoxy) is 1. The Morgan fingerprint density at radius 3 is 2.82 bits per heavy atom. The molecule has 1 aliphatic rings. The Kier molecular flexibility index (Phi) is 3.44. The first kappa shape index (κ1) is 13.2. The third kappa shape index (κ3) is 2.42. The number of hydrogen-bond acceptors (Lipinski definition) is 5. The monoisotopic (exact) mass is 296 g/mol. The zero-order valence-electron chi connectivity index (χ0n) is 12.0. The quantitative estimate of drug-likeness (QED) is 0.740. The molecule has 1 saturated heterocycles. The van der Waals surface area contributed by atoms with Gasteiger partial charge in [-0.15, -0.1) is 0 Å². The van der Waals surface area contributed by atoms with E-state index < -0.39 is 0 Å². The zero-order valence-corrected chi connectivity index (χ0v) is 12.0. The summed E-state index contributed by atoms with van der Waals surface area (Å²) in [5, 5.41) is 8.44. The predicted molar refractivity (Wildman–Crippen MR) is 78.1 cm³/mol. The van der Waals surface area contributed by atoms with Crippen LogP contribution in [0.2, 0.25) is 0 Å². The zero-order chi connectivity index (χ0) is 14.8. The molecule has 3 heterocycles. The molecule has 0 saturated carbocycles. The van der Waals surface area contributed by atoms with Gasteiger partial charge in [-0.2, -0.15) is 10.1 Å². The maximum absolute atomic E-state index is 5.62. The summed E-state index contributed by atoms with van der Waals surface area (Å²) < 4.78 is 13.0. The highest BCUT2D eigenvalue weighted by atomic mass is 16.5. The van der Waals surface area contributed by atoms with E-state index in [4.69, 9.17) is 9.26 Å². The van der Waals surface area contributed by atoms with Crippen LogP contribution in [-0.4, -0.2) is 26.5 Å². The van der Waals surface area contributed by atoms with Crippen molar-refractivity contribution in [3.63, 3.8) is 0 Å². The summed E-state index contributed by atoms with van der Waals surface area (Å²) in [5.74, 6) is 1.15. The minimum Gasteiger partial charge on any atom is -0.370 e. The van der Waals surface area contributed by atoms with Crippen LogP contribution in [0.5, 0.6) is 0 Å². The lowest BCUT2D eigenvalue weighted by atomic mass is 10.1. The summed E-state index contributed by atoms with van der Waals surface area (Å²) in [6.45, 7) is 0.760. The van der Waals surface area contributed by atoms with Gasteiger partial charge in [0.2, 0.25) is 5.82 Å². The van der Waals surface area contributed by atoms with Gasteiger partial charge in [0.15, 0.2) is 6.04 Å². The number of aromatic nitrogens is 4. The summed E-state index contributed by atoms with van der Waals surface area (Å²) in [6, 6.07) is 11.7. The molecule has 2 unspecified atom stereocenters. The molecule has 0 aliphatic carbocycles. The van der Waals surface area contributed by atoms with Crippen molar-refractivity contribution in [2.45, 2.75) is 25.0 Å². The van der Waals surface area contributed by atoms with Gasteiger partial charge in [0.05, 0.1) is 0 Å². The summed E-state index contributed by atoms with van der Waals surface area (Å²) in [4.78, 5) is 4.56. The van der Waals surface area contributed by atoms with Gasteiger partial charge >= 0.3 is 0 Å². The Hall–Kier alpha value is -2.47. The van der Waals surface area contributed by atoms with Crippen molar-refractivity contribution in [1.29, 1.82) is 0 Å². The maximum Gasteiger partial charge on any atom is 0.256 e. The average Bonchev–Trinajstić information content (AvgIpc) is 3.31. The van der Waals surface area contributed by atoms with Crippen molar-refractivity contribution in [1.82, 2.24) is 19.9 Å². The predicted octanol–water partition coefficient (Wildman–Crippen LogP) is 2.76. The van der Waals surface area contributed by atoms with Crippen molar-refractivity contribution in [2.75, 3.05) is 6.61 Å². The van der Waals surface area contributed by atoms with E-state index in [9.17, 15) is 0 Å². The Morgan fingerprint density at radius 2 is 2.09 bits per heavy atom. The fraction of sp³-hybridized carbons (Fsp3) is 0.312. The van der Waals surface area contributed by atoms with E-state index in [1.807, 2.05) is 47.3 Å². The van der Waals surface area contributed by atoms with Crippen LogP contribution in [0.1, 0.15) is 42.3 Å². The van der Waals surface area contributed by atoms with Gasteiger partial charge in [-0.25, -0.2) is 0 Å². The van der Waals surface area contributed by atoms with Crippen molar-refractivity contribution < 1.29 is 9.26 Å². The molecule has 0 N–H and O–H groups in total. The van der Waals surface area contributed by atoms with E-state index in [1.165, 1.54) is 0 Å². The van der Waals surface area contributed by atoms with Crippen LogP contribution in [0.15, 0.2) is 53.3 Å². The van der Waals surface area contributed by atoms with Crippen LogP contribution in [0.3, 0.4) is 0 Å². The summed E-state index contributed by atoms with van der Waals surface area (Å²) in [5.41, 5.74) is 1.05. The van der Waals surface area contributed by atoms with Crippen LogP contribution >= 0.6 is 0 Å². The van der Waals surface area contributed by atoms with Crippen LogP contribution in [-0.2, 0) is 4.74 Å². The SMILES string of the molecule is c1ccc(C(c2nc(C3CCCO3)no2)n2cccn2)cc1. The molecule has 4 rings (SSSR count). The first-order chi connectivity index (χ1) is 10.9. The fourth-order valence-electron chi connectivity index (χ4n) is 2.75. The minimum atomic E-state index is -0.223. The summed E-state index contributed by atoms with van der Waals surface area (Å²) in [6.07, 6.45) is 5.57. The number of nitrogens with zero attached hydrogens (tertiary/aromatic N) is 4. The molecule has 6 heteroatoms. The Balaban J connectivity index is 1.72. The molecule has 3 aromatic rings. The number of rotatable bonds is 4. The first-order valence-corrected chi connectivity index (χ1v) is 7.41. The van der Waals surface area contributed by atoms with E-state index in [1.54, 1.807) is 6.20 Å².